The van der Waals surface area contributed by atoms with Gasteiger partial charge in [0, 0.05) is 5.56 Å². The van der Waals surface area contributed by atoms with E-state index in [4.69, 9.17) is 19.9 Å². The molecule has 2 atom stereocenters. The van der Waals surface area contributed by atoms with Gasteiger partial charge in [0.1, 0.15) is 6.04 Å². The molecule has 2 N–H and O–H groups in total. The van der Waals surface area contributed by atoms with Gasteiger partial charge in [-0.05, 0) is 37.6 Å². The van der Waals surface area contributed by atoms with E-state index in [0.717, 1.165) is 5.56 Å². The number of hydrogen-bond donors (Lipinski definition) is 1. The van der Waals surface area contributed by atoms with Crippen molar-refractivity contribution in [2.75, 3.05) is 7.11 Å². The molecule has 2 rings (SSSR count). The van der Waals surface area contributed by atoms with Crippen LogP contribution in [-0.2, 0) is 16.1 Å². The number of nitrogens with two attached hydrogens (primary N) is 1. The van der Waals surface area contributed by atoms with Crippen LogP contribution in [0, 0.1) is 0 Å². The number of carbonyl (C=O) groups excluding carboxylic acids is 2. The largest absolute Gasteiger partial charge is 0.493 e. The van der Waals surface area contributed by atoms with E-state index in [2.05, 4.69) is 0 Å². The number of Topliss-reactive ketones (excluding diaryl/α,β-unsaturated/α-hetero) is 1. The van der Waals surface area contributed by atoms with Gasteiger partial charge in [-0.3, -0.25) is 4.79 Å². The van der Waals surface area contributed by atoms with E-state index in [9.17, 15) is 9.59 Å². The Morgan fingerprint density at radius 1 is 1.08 bits per heavy atom. The van der Waals surface area contributed by atoms with Crippen LogP contribution in [-0.4, -0.2) is 31.0 Å². The van der Waals surface area contributed by atoms with Crippen LogP contribution in [0.15, 0.2) is 48.5 Å². The fourth-order valence-corrected chi connectivity index (χ4v) is 2.24. The summed E-state index contributed by atoms with van der Waals surface area (Å²) in [6.07, 6.45) is -0.537. The molecule has 0 aliphatic rings. The topological polar surface area (TPSA) is 87.9 Å². The number of benzene rings is 2. The van der Waals surface area contributed by atoms with Crippen molar-refractivity contribution >= 4 is 11.8 Å². The van der Waals surface area contributed by atoms with Crippen molar-refractivity contribution in [3.63, 3.8) is 0 Å². The minimum absolute atomic E-state index is 0.110. The summed E-state index contributed by atoms with van der Waals surface area (Å²) in [5.41, 5.74) is 7.40. The molecular weight excluding hydrogens is 334 g/mol. The molecule has 6 heteroatoms. The molecule has 0 spiro atoms. The smallest absolute Gasteiger partial charge is 0.331 e. The number of ether oxygens (including phenoxy) is 3. The summed E-state index contributed by atoms with van der Waals surface area (Å²) in [6, 6.07) is 13.2. The first-order chi connectivity index (χ1) is 12.4. The highest BCUT2D eigenvalue weighted by atomic mass is 16.6. The van der Waals surface area contributed by atoms with E-state index in [1.165, 1.54) is 26.2 Å². The Kier molecular flexibility index (Phi) is 6.89. The second kappa shape index (κ2) is 9.12. The molecule has 26 heavy (non-hydrogen) atoms. The van der Waals surface area contributed by atoms with Crippen LogP contribution in [0.1, 0.15) is 29.8 Å². The Hall–Kier alpha value is -2.70. The van der Waals surface area contributed by atoms with Crippen LogP contribution < -0.4 is 15.2 Å². The van der Waals surface area contributed by atoms with Gasteiger partial charge in [-0.1, -0.05) is 30.3 Å². The van der Waals surface area contributed by atoms with Gasteiger partial charge >= 0.3 is 5.97 Å². The molecule has 138 valence electrons. The minimum atomic E-state index is -0.962. The van der Waals surface area contributed by atoms with Crippen LogP contribution in [0.25, 0.3) is 0 Å². The molecule has 0 aromatic heterocycles. The molecule has 2 aromatic carbocycles. The van der Waals surface area contributed by atoms with E-state index in [0.29, 0.717) is 12.2 Å². The summed E-state index contributed by atoms with van der Waals surface area (Å²) in [6.45, 7) is 3.51. The minimum Gasteiger partial charge on any atom is -0.493 e. The lowest BCUT2D eigenvalue weighted by Gasteiger charge is -2.20. The molecule has 6 nitrogen and oxygen atoms in total. The maximum Gasteiger partial charge on any atom is 0.331 e. The number of rotatable bonds is 8. The van der Waals surface area contributed by atoms with Gasteiger partial charge < -0.3 is 19.9 Å². The van der Waals surface area contributed by atoms with E-state index in [-0.39, 0.29) is 17.3 Å². The maximum absolute atomic E-state index is 12.3. The molecule has 0 unspecified atom stereocenters. The van der Waals surface area contributed by atoms with Gasteiger partial charge in [0.05, 0.1) is 19.8 Å². The van der Waals surface area contributed by atoms with Crippen molar-refractivity contribution in [2.24, 2.45) is 5.73 Å². The van der Waals surface area contributed by atoms with Crippen molar-refractivity contribution < 1.29 is 23.8 Å². The number of esters is 1. The number of methoxy groups -OCH3 is 1. The van der Waals surface area contributed by atoms with Gasteiger partial charge in [-0.2, -0.15) is 0 Å². The third-order valence-electron chi connectivity index (χ3n) is 3.91. The summed E-state index contributed by atoms with van der Waals surface area (Å²) in [5, 5.41) is 0. The fourth-order valence-electron chi connectivity index (χ4n) is 2.24. The Balaban J connectivity index is 1.98. The predicted octanol–water partition coefficient (Wildman–Crippen LogP) is 2.74. The highest BCUT2D eigenvalue weighted by molar-refractivity contribution is 5.94. The zero-order valence-electron chi connectivity index (χ0n) is 15.1. The quantitative estimate of drug-likeness (QED) is 0.444. The lowest BCUT2D eigenvalue weighted by Crippen LogP contribution is -2.44. The second-order valence-electron chi connectivity index (χ2n) is 5.87. The van der Waals surface area contributed by atoms with Crippen molar-refractivity contribution in [1.82, 2.24) is 0 Å². The van der Waals surface area contributed by atoms with Crippen LogP contribution in [0.2, 0.25) is 0 Å². The Morgan fingerprint density at radius 3 is 2.38 bits per heavy atom. The zero-order valence-corrected chi connectivity index (χ0v) is 15.1. The van der Waals surface area contributed by atoms with Crippen LogP contribution >= 0.6 is 0 Å². The molecule has 0 aliphatic heterocycles. The molecule has 0 saturated heterocycles. The fraction of sp³-hybridized carbons (Fsp3) is 0.300. The molecule has 0 amide bonds. The molecule has 0 fully saturated rings. The first kappa shape index (κ1) is 19.6. The first-order valence-corrected chi connectivity index (χ1v) is 8.24. The van der Waals surface area contributed by atoms with Gasteiger partial charge in [0.2, 0.25) is 0 Å². The highest BCUT2D eigenvalue weighted by Crippen LogP contribution is 2.28. The Bertz CT molecular complexity index is 760. The third-order valence-corrected chi connectivity index (χ3v) is 3.91. The monoisotopic (exact) mass is 357 g/mol. The summed E-state index contributed by atoms with van der Waals surface area (Å²) in [4.78, 5) is 23.7. The first-order valence-electron chi connectivity index (χ1n) is 8.24. The number of hydrogen-bond acceptors (Lipinski definition) is 6. The van der Waals surface area contributed by atoms with Crippen molar-refractivity contribution in [3.8, 4) is 11.5 Å². The zero-order chi connectivity index (χ0) is 19.1. The van der Waals surface area contributed by atoms with Crippen LogP contribution in [0.5, 0.6) is 11.5 Å². The molecule has 0 heterocycles. The summed E-state index contributed by atoms with van der Waals surface area (Å²) < 4.78 is 16.2. The average Bonchev–Trinajstić information content (AvgIpc) is 2.66. The highest BCUT2D eigenvalue weighted by Gasteiger charge is 2.25. The lowest BCUT2D eigenvalue weighted by molar-refractivity contribution is -0.139. The summed E-state index contributed by atoms with van der Waals surface area (Å²) in [7, 11) is 1.43. The Labute approximate surface area is 152 Å². The maximum atomic E-state index is 12.3. The van der Waals surface area contributed by atoms with E-state index >= 15 is 0 Å². The van der Waals surface area contributed by atoms with Crippen LogP contribution in [0.4, 0.5) is 0 Å². The Morgan fingerprint density at radius 2 is 1.77 bits per heavy atom. The second-order valence-corrected chi connectivity index (χ2v) is 5.87. The van der Waals surface area contributed by atoms with E-state index < -0.39 is 18.1 Å². The molecule has 0 radical (unpaired) electrons. The predicted molar refractivity (Wildman–Crippen MR) is 97.3 cm³/mol. The number of carbonyl (C=O) groups is 2. The molecule has 0 bridgehead atoms. The van der Waals surface area contributed by atoms with Crippen molar-refractivity contribution in [1.29, 1.82) is 0 Å². The third kappa shape index (κ3) is 5.15. The van der Waals surface area contributed by atoms with Gasteiger partial charge in [0.15, 0.2) is 17.3 Å². The van der Waals surface area contributed by atoms with Crippen molar-refractivity contribution in [3.05, 3.63) is 59.7 Å². The van der Waals surface area contributed by atoms with Crippen molar-refractivity contribution in [2.45, 2.75) is 32.6 Å². The molecule has 0 aliphatic carbocycles. The normalized spacial score (nSPS) is 12.9. The lowest BCUT2D eigenvalue weighted by atomic mass is 10.1. The van der Waals surface area contributed by atoms with Crippen LogP contribution in [0.3, 0.4) is 0 Å². The van der Waals surface area contributed by atoms with E-state index in [1.807, 2.05) is 30.3 Å². The van der Waals surface area contributed by atoms with Gasteiger partial charge in [0.25, 0.3) is 0 Å². The summed E-state index contributed by atoms with van der Waals surface area (Å²) in [5.74, 6) is -0.260. The SMILES string of the molecule is COc1cc(C(C)=O)ccc1OC(=O)[C@@H](N)[C@@H](C)OCc1ccccc1. The van der Waals surface area contributed by atoms with Gasteiger partial charge in [-0.15, -0.1) is 0 Å². The van der Waals surface area contributed by atoms with E-state index in [1.54, 1.807) is 13.0 Å². The standard InChI is InChI=1S/C20H23NO5/c1-13(22)16-9-10-17(18(11-16)24-3)26-20(23)19(21)14(2)25-12-15-7-5-4-6-8-15/h4-11,14,19H,12,21H2,1-3H3/t14-,19+/m1/s1. The number of ketones is 1. The van der Waals surface area contributed by atoms with Gasteiger partial charge in [-0.25, -0.2) is 4.79 Å². The average molecular weight is 357 g/mol. The summed E-state index contributed by atoms with van der Waals surface area (Å²) >= 11 is 0. The molecule has 2 aromatic rings. The molecule has 0 saturated carbocycles. The molecular formula is C20H23NO5.